The summed E-state index contributed by atoms with van der Waals surface area (Å²) in [4.78, 5) is 23.8. The number of ether oxygens (including phenoxy) is 1. The Bertz CT molecular complexity index is 732. The van der Waals surface area contributed by atoms with Gasteiger partial charge in [0.1, 0.15) is 0 Å². The first-order valence-electron chi connectivity index (χ1n) is 7.05. The summed E-state index contributed by atoms with van der Waals surface area (Å²) in [6, 6.07) is 9.04. The van der Waals surface area contributed by atoms with Crippen LogP contribution in [-0.2, 0) is 4.74 Å². The summed E-state index contributed by atoms with van der Waals surface area (Å²) in [6.07, 6.45) is 0.707. The smallest absolute Gasteiger partial charge is 0.338 e. The lowest BCUT2D eigenvalue weighted by molar-refractivity contribution is 0.0505. The summed E-state index contributed by atoms with van der Waals surface area (Å²) < 4.78 is 31.0. The molecule has 6 heteroatoms. The van der Waals surface area contributed by atoms with Crippen molar-refractivity contribution < 1.29 is 23.1 Å². The molecule has 0 unspecified atom stereocenters. The molecule has 0 fully saturated rings. The molecule has 0 aliphatic heterocycles. The zero-order valence-electron chi connectivity index (χ0n) is 12.4. The van der Waals surface area contributed by atoms with Crippen LogP contribution in [0.15, 0.2) is 42.5 Å². The molecule has 2 rings (SSSR count). The van der Waals surface area contributed by atoms with Gasteiger partial charge in [-0.3, -0.25) is 4.79 Å². The zero-order valence-corrected chi connectivity index (χ0v) is 12.4. The molecule has 0 atom stereocenters. The molecule has 1 amide bonds. The van der Waals surface area contributed by atoms with Gasteiger partial charge in [-0.2, -0.15) is 0 Å². The number of halogens is 2. The van der Waals surface area contributed by atoms with Crippen LogP contribution in [0.4, 0.5) is 14.5 Å². The fourth-order valence-electron chi connectivity index (χ4n) is 1.84. The second-order valence-corrected chi connectivity index (χ2v) is 4.80. The minimum atomic E-state index is -1.10. The Balaban J connectivity index is 2.12. The lowest BCUT2D eigenvalue weighted by Crippen LogP contribution is -2.13. The van der Waals surface area contributed by atoms with E-state index in [0.29, 0.717) is 24.3 Å². The van der Waals surface area contributed by atoms with Crippen molar-refractivity contribution in [2.24, 2.45) is 0 Å². The summed E-state index contributed by atoms with van der Waals surface area (Å²) in [5.41, 5.74) is 0.620. The van der Waals surface area contributed by atoms with Crippen molar-refractivity contribution in [1.29, 1.82) is 0 Å². The molecule has 2 aromatic carbocycles. The van der Waals surface area contributed by atoms with Gasteiger partial charge in [-0.25, -0.2) is 13.6 Å². The molecule has 120 valence electrons. The molecule has 23 heavy (non-hydrogen) atoms. The summed E-state index contributed by atoms with van der Waals surface area (Å²) in [7, 11) is 0. The number of hydrogen-bond donors (Lipinski definition) is 1. The van der Waals surface area contributed by atoms with E-state index in [2.05, 4.69) is 5.32 Å². The van der Waals surface area contributed by atoms with Crippen molar-refractivity contribution in [3.05, 3.63) is 65.2 Å². The minimum Gasteiger partial charge on any atom is -0.462 e. The molecule has 0 radical (unpaired) electrons. The summed E-state index contributed by atoms with van der Waals surface area (Å²) in [6.45, 7) is 2.19. The Morgan fingerprint density at radius 2 is 1.83 bits per heavy atom. The summed E-state index contributed by atoms with van der Waals surface area (Å²) in [5, 5.41) is 2.52. The minimum absolute atomic E-state index is 0.0251. The maximum atomic E-state index is 13.2. The fraction of sp³-hybridized carbons (Fsp3) is 0.176. The number of benzene rings is 2. The quantitative estimate of drug-likeness (QED) is 0.853. The number of hydrogen-bond acceptors (Lipinski definition) is 3. The maximum Gasteiger partial charge on any atom is 0.338 e. The van der Waals surface area contributed by atoms with Gasteiger partial charge in [-0.15, -0.1) is 0 Å². The first kappa shape index (κ1) is 16.6. The Morgan fingerprint density at radius 1 is 1.04 bits per heavy atom. The largest absolute Gasteiger partial charge is 0.462 e. The molecule has 0 aromatic heterocycles. The first-order valence-corrected chi connectivity index (χ1v) is 7.05. The van der Waals surface area contributed by atoms with Gasteiger partial charge < -0.3 is 10.1 Å². The van der Waals surface area contributed by atoms with E-state index in [1.165, 1.54) is 12.1 Å². The number of rotatable bonds is 5. The fourth-order valence-corrected chi connectivity index (χ4v) is 1.84. The topological polar surface area (TPSA) is 55.4 Å². The summed E-state index contributed by atoms with van der Waals surface area (Å²) in [5.74, 6) is -3.23. The third kappa shape index (κ3) is 4.35. The number of esters is 1. The Hall–Kier alpha value is -2.76. The number of amides is 1. The SMILES string of the molecule is CCCOC(=O)c1cccc(NC(=O)c2ccc(F)c(F)c2)c1. The van der Waals surface area contributed by atoms with Crippen molar-refractivity contribution in [2.75, 3.05) is 11.9 Å². The first-order chi connectivity index (χ1) is 11.0. The van der Waals surface area contributed by atoms with E-state index in [1.54, 1.807) is 18.2 Å². The van der Waals surface area contributed by atoms with Crippen LogP contribution in [0.3, 0.4) is 0 Å². The van der Waals surface area contributed by atoms with Gasteiger partial charge in [0.05, 0.1) is 12.2 Å². The van der Waals surface area contributed by atoms with Crippen molar-refractivity contribution in [3.8, 4) is 0 Å². The van der Waals surface area contributed by atoms with Crippen LogP contribution in [0, 0.1) is 11.6 Å². The van der Waals surface area contributed by atoms with Crippen LogP contribution < -0.4 is 5.32 Å². The zero-order chi connectivity index (χ0) is 16.8. The standard InChI is InChI=1S/C17H15F2NO3/c1-2-8-23-17(22)12-4-3-5-13(9-12)20-16(21)11-6-7-14(18)15(19)10-11/h3-7,9-10H,2,8H2,1H3,(H,20,21). The highest BCUT2D eigenvalue weighted by Crippen LogP contribution is 2.15. The molecule has 2 aromatic rings. The molecule has 0 saturated heterocycles. The number of carbonyl (C=O) groups is 2. The van der Waals surface area contributed by atoms with Crippen LogP contribution in [0.2, 0.25) is 0 Å². The molecule has 0 aliphatic carbocycles. The van der Waals surface area contributed by atoms with E-state index in [9.17, 15) is 18.4 Å². The van der Waals surface area contributed by atoms with Gasteiger partial charge in [0.2, 0.25) is 0 Å². The van der Waals surface area contributed by atoms with E-state index in [4.69, 9.17) is 4.74 Å². The average molecular weight is 319 g/mol. The Morgan fingerprint density at radius 3 is 2.52 bits per heavy atom. The third-order valence-electron chi connectivity index (χ3n) is 2.98. The third-order valence-corrected chi connectivity index (χ3v) is 2.98. The van der Waals surface area contributed by atoms with Crippen LogP contribution in [-0.4, -0.2) is 18.5 Å². The lowest BCUT2D eigenvalue weighted by atomic mass is 10.1. The van der Waals surface area contributed by atoms with Crippen LogP contribution in [0.5, 0.6) is 0 Å². The van der Waals surface area contributed by atoms with Crippen molar-refractivity contribution in [1.82, 2.24) is 0 Å². The molecular weight excluding hydrogens is 304 g/mol. The highest BCUT2D eigenvalue weighted by molar-refractivity contribution is 6.04. The molecule has 4 nitrogen and oxygen atoms in total. The maximum absolute atomic E-state index is 13.2. The second-order valence-electron chi connectivity index (χ2n) is 4.80. The second kappa shape index (κ2) is 7.49. The Kier molecular flexibility index (Phi) is 5.41. The van der Waals surface area contributed by atoms with E-state index in [0.717, 1.165) is 12.1 Å². The number of carbonyl (C=O) groups excluding carboxylic acids is 2. The predicted molar refractivity (Wildman–Crippen MR) is 81.3 cm³/mol. The monoisotopic (exact) mass is 319 g/mol. The number of anilines is 1. The molecule has 0 aliphatic rings. The van der Waals surface area contributed by atoms with Crippen LogP contribution in [0.1, 0.15) is 34.1 Å². The predicted octanol–water partition coefficient (Wildman–Crippen LogP) is 3.78. The van der Waals surface area contributed by atoms with Crippen molar-refractivity contribution in [3.63, 3.8) is 0 Å². The molecular formula is C17H15F2NO3. The van der Waals surface area contributed by atoms with Gasteiger partial charge in [-0.05, 0) is 42.8 Å². The summed E-state index contributed by atoms with van der Waals surface area (Å²) >= 11 is 0. The van der Waals surface area contributed by atoms with Gasteiger partial charge in [-0.1, -0.05) is 13.0 Å². The molecule has 0 heterocycles. The van der Waals surface area contributed by atoms with E-state index < -0.39 is 23.5 Å². The van der Waals surface area contributed by atoms with E-state index in [-0.39, 0.29) is 5.56 Å². The molecule has 0 saturated carbocycles. The van der Waals surface area contributed by atoms with Crippen molar-refractivity contribution >= 4 is 17.6 Å². The van der Waals surface area contributed by atoms with Crippen LogP contribution in [0.25, 0.3) is 0 Å². The van der Waals surface area contributed by atoms with E-state index >= 15 is 0 Å². The molecule has 0 spiro atoms. The highest BCUT2D eigenvalue weighted by Gasteiger charge is 2.12. The highest BCUT2D eigenvalue weighted by atomic mass is 19.2. The average Bonchev–Trinajstić information content (AvgIpc) is 2.55. The molecule has 1 N–H and O–H groups in total. The molecule has 0 bridgehead atoms. The number of nitrogens with one attached hydrogen (secondary N) is 1. The van der Waals surface area contributed by atoms with Crippen molar-refractivity contribution in [2.45, 2.75) is 13.3 Å². The van der Waals surface area contributed by atoms with Crippen LogP contribution >= 0.6 is 0 Å². The van der Waals surface area contributed by atoms with Gasteiger partial charge in [0.25, 0.3) is 5.91 Å². The lowest BCUT2D eigenvalue weighted by Gasteiger charge is -2.08. The van der Waals surface area contributed by atoms with Gasteiger partial charge in [0.15, 0.2) is 11.6 Å². The van der Waals surface area contributed by atoms with Gasteiger partial charge >= 0.3 is 5.97 Å². The van der Waals surface area contributed by atoms with E-state index in [1.807, 2.05) is 6.92 Å². The Labute approximate surface area is 132 Å². The normalized spacial score (nSPS) is 10.2. The van der Waals surface area contributed by atoms with Gasteiger partial charge in [0, 0.05) is 11.3 Å².